The molecule has 21 heavy (non-hydrogen) atoms. The topological polar surface area (TPSA) is 52.6 Å². The molecule has 4 nitrogen and oxygen atoms in total. The molecule has 0 saturated carbocycles. The summed E-state index contributed by atoms with van der Waals surface area (Å²) in [6.45, 7) is 13.8. The highest BCUT2D eigenvalue weighted by Gasteiger charge is 2.04. The minimum Gasteiger partial charge on any atom is -0.460 e. The van der Waals surface area contributed by atoms with Crippen molar-refractivity contribution < 1.29 is 19.1 Å². The first-order valence-corrected chi connectivity index (χ1v) is 6.53. The summed E-state index contributed by atoms with van der Waals surface area (Å²) in [4.78, 5) is 21.6. The molecular weight excluding hydrogens is 268 g/mol. The summed E-state index contributed by atoms with van der Waals surface area (Å²) in [6.07, 6.45) is -0.0470. The van der Waals surface area contributed by atoms with Gasteiger partial charge in [-0.25, -0.2) is 9.59 Å². The van der Waals surface area contributed by atoms with E-state index in [1.807, 2.05) is 6.07 Å². The lowest BCUT2D eigenvalue weighted by atomic mass is 10.3. The molecule has 0 amide bonds. The van der Waals surface area contributed by atoms with Crippen LogP contribution in [-0.4, -0.2) is 18.0 Å². The molecule has 0 radical (unpaired) electrons. The fraction of sp³-hybridized carbons (Fsp3) is 0.294. The predicted molar refractivity (Wildman–Crippen MR) is 82.9 cm³/mol. The molecule has 0 spiro atoms. The summed E-state index contributed by atoms with van der Waals surface area (Å²) in [6, 6.07) is 8.92. The number of para-hydroxylation sites is 1. The van der Waals surface area contributed by atoms with Crippen LogP contribution in [0.5, 0.6) is 5.75 Å². The third kappa shape index (κ3) is 9.21. The molecule has 0 aliphatic carbocycles. The lowest BCUT2D eigenvalue weighted by Gasteiger charge is -2.05. The van der Waals surface area contributed by atoms with Crippen LogP contribution in [0.3, 0.4) is 0 Å². The van der Waals surface area contributed by atoms with Gasteiger partial charge in [-0.15, -0.1) is 0 Å². The monoisotopic (exact) mass is 290 g/mol. The lowest BCUT2D eigenvalue weighted by molar-refractivity contribution is -0.142. The fourth-order valence-electron chi connectivity index (χ4n) is 0.997. The van der Waals surface area contributed by atoms with E-state index in [0.29, 0.717) is 16.9 Å². The van der Waals surface area contributed by atoms with Crippen LogP contribution in [0.1, 0.15) is 27.7 Å². The number of ether oxygens (including phenoxy) is 2. The number of hydrogen-bond acceptors (Lipinski definition) is 4. The summed E-state index contributed by atoms with van der Waals surface area (Å²) < 4.78 is 9.71. The minimum atomic E-state index is -0.388. The standard InChI is InChI=1S/C10H10O2.C7H12O2/c1-8(2)10(11)12-9-6-4-3-5-7-9;1-5(2)7(8)9-6(3)4/h3-7H,1H2,2H3;6H,1H2,2-4H3. The van der Waals surface area contributed by atoms with Gasteiger partial charge >= 0.3 is 11.9 Å². The molecule has 4 heteroatoms. The SMILES string of the molecule is C=C(C)C(=O)OC(C)C.C=C(C)C(=O)Oc1ccccc1. The van der Waals surface area contributed by atoms with E-state index in [2.05, 4.69) is 13.2 Å². The van der Waals surface area contributed by atoms with Crippen molar-refractivity contribution in [1.29, 1.82) is 0 Å². The van der Waals surface area contributed by atoms with Gasteiger partial charge in [-0.05, 0) is 39.8 Å². The van der Waals surface area contributed by atoms with Crippen LogP contribution in [0.25, 0.3) is 0 Å². The molecule has 1 aromatic rings. The third-order valence-electron chi connectivity index (χ3n) is 1.99. The lowest BCUT2D eigenvalue weighted by Crippen LogP contribution is -2.11. The van der Waals surface area contributed by atoms with Crippen molar-refractivity contribution >= 4 is 11.9 Å². The van der Waals surface area contributed by atoms with Gasteiger partial charge in [0.2, 0.25) is 0 Å². The maximum Gasteiger partial charge on any atom is 0.338 e. The van der Waals surface area contributed by atoms with E-state index in [1.165, 1.54) is 0 Å². The Bertz CT molecular complexity index is 501. The zero-order valence-corrected chi connectivity index (χ0v) is 13.0. The van der Waals surface area contributed by atoms with E-state index in [9.17, 15) is 9.59 Å². The van der Waals surface area contributed by atoms with Gasteiger partial charge < -0.3 is 9.47 Å². The van der Waals surface area contributed by atoms with Crippen LogP contribution in [0.2, 0.25) is 0 Å². The van der Waals surface area contributed by atoms with Crippen molar-refractivity contribution in [3.05, 3.63) is 54.6 Å². The van der Waals surface area contributed by atoms with Crippen LogP contribution in [0.4, 0.5) is 0 Å². The third-order valence-corrected chi connectivity index (χ3v) is 1.99. The average molecular weight is 290 g/mol. The average Bonchev–Trinajstić information content (AvgIpc) is 2.39. The van der Waals surface area contributed by atoms with Gasteiger partial charge in [0.1, 0.15) is 5.75 Å². The first-order valence-electron chi connectivity index (χ1n) is 6.53. The summed E-state index contributed by atoms with van der Waals surface area (Å²) >= 11 is 0. The van der Waals surface area contributed by atoms with Crippen LogP contribution >= 0.6 is 0 Å². The number of carbonyl (C=O) groups is 2. The normalized spacial score (nSPS) is 9.19. The van der Waals surface area contributed by atoms with Crippen molar-refractivity contribution in [3.63, 3.8) is 0 Å². The molecule has 114 valence electrons. The molecule has 0 aliphatic rings. The molecule has 1 aromatic carbocycles. The van der Waals surface area contributed by atoms with Gasteiger partial charge in [-0.2, -0.15) is 0 Å². The number of benzene rings is 1. The predicted octanol–water partition coefficient (Wildman–Crippen LogP) is 3.68. The van der Waals surface area contributed by atoms with Crippen LogP contribution in [0, 0.1) is 0 Å². The Balaban J connectivity index is 0.000000400. The Hall–Kier alpha value is -2.36. The maximum absolute atomic E-state index is 11.0. The fourth-order valence-corrected chi connectivity index (χ4v) is 0.997. The molecular formula is C17H22O4. The quantitative estimate of drug-likeness (QED) is 0.482. The van der Waals surface area contributed by atoms with Crippen LogP contribution in [-0.2, 0) is 14.3 Å². The number of hydrogen-bond donors (Lipinski definition) is 0. The zero-order valence-electron chi connectivity index (χ0n) is 13.0. The Morgan fingerprint density at radius 2 is 1.43 bits per heavy atom. The second-order valence-electron chi connectivity index (χ2n) is 4.72. The highest BCUT2D eigenvalue weighted by molar-refractivity contribution is 5.88. The van der Waals surface area contributed by atoms with Crippen molar-refractivity contribution in [2.75, 3.05) is 0 Å². The summed E-state index contributed by atoms with van der Waals surface area (Å²) in [5.74, 6) is -0.156. The van der Waals surface area contributed by atoms with Crippen molar-refractivity contribution in [1.82, 2.24) is 0 Å². The Kier molecular flexibility index (Phi) is 8.46. The Labute approximate surface area is 126 Å². The highest BCUT2D eigenvalue weighted by atomic mass is 16.5. The molecule has 0 aromatic heterocycles. The van der Waals surface area contributed by atoms with Gasteiger partial charge in [0.25, 0.3) is 0 Å². The molecule has 0 atom stereocenters. The van der Waals surface area contributed by atoms with E-state index in [0.717, 1.165) is 0 Å². The van der Waals surface area contributed by atoms with E-state index in [4.69, 9.17) is 9.47 Å². The molecule has 0 fully saturated rings. The molecule has 0 aliphatic heterocycles. The van der Waals surface area contributed by atoms with Gasteiger partial charge in [0.05, 0.1) is 6.10 Å². The highest BCUT2D eigenvalue weighted by Crippen LogP contribution is 2.09. The van der Waals surface area contributed by atoms with Gasteiger partial charge in [-0.3, -0.25) is 0 Å². The summed E-state index contributed by atoms with van der Waals surface area (Å²) in [7, 11) is 0. The van der Waals surface area contributed by atoms with E-state index >= 15 is 0 Å². The first kappa shape index (κ1) is 18.6. The minimum absolute atomic E-state index is 0.0470. The van der Waals surface area contributed by atoms with E-state index in [1.54, 1.807) is 52.0 Å². The van der Waals surface area contributed by atoms with Gasteiger partial charge in [0, 0.05) is 11.1 Å². The van der Waals surface area contributed by atoms with Gasteiger partial charge in [-0.1, -0.05) is 31.4 Å². The maximum atomic E-state index is 11.0. The Morgan fingerprint density at radius 3 is 1.76 bits per heavy atom. The van der Waals surface area contributed by atoms with Crippen molar-refractivity contribution in [2.45, 2.75) is 33.8 Å². The van der Waals surface area contributed by atoms with E-state index < -0.39 is 0 Å². The summed E-state index contributed by atoms with van der Waals surface area (Å²) in [5, 5.41) is 0. The molecule has 1 rings (SSSR count). The molecule has 0 unspecified atom stereocenters. The van der Waals surface area contributed by atoms with Crippen molar-refractivity contribution in [3.8, 4) is 5.75 Å². The number of rotatable bonds is 4. The number of carbonyl (C=O) groups excluding carboxylic acids is 2. The zero-order chi connectivity index (χ0) is 16.4. The molecule has 0 saturated heterocycles. The Morgan fingerprint density at radius 1 is 0.952 bits per heavy atom. The van der Waals surface area contributed by atoms with E-state index in [-0.39, 0.29) is 18.0 Å². The van der Waals surface area contributed by atoms with Crippen molar-refractivity contribution in [2.24, 2.45) is 0 Å². The number of esters is 2. The summed E-state index contributed by atoms with van der Waals surface area (Å²) in [5.41, 5.74) is 0.850. The molecule has 0 N–H and O–H groups in total. The van der Waals surface area contributed by atoms with Gasteiger partial charge in [0.15, 0.2) is 0 Å². The smallest absolute Gasteiger partial charge is 0.338 e. The molecule has 0 bridgehead atoms. The second-order valence-corrected chi connectivity index (χ2v) is 4.72. The van der Waals surface area contributed by atoms with Crippen LogP contribution < -0.4 is 4.74 Å². The van der Waals surface area contributed by atoms with Crippen LogP contribution in [0.15, 0.2) is 54.6 Å². The first-order chi connectivity index (χ1) is 9.73. The molecule has 0 heterocycles. The second kappa shape index (κ2) is 9.53. The largest absolute Gasteiger partial charge is 0.460 e.